The molecule has 0 fully saturated rings. The summed E-state index contributed by atoms with van der Waals surface area (Å²) in [4.78, 5) is 91.9. The molecule has 184 valence electrons. The van der Waals surface area contributed by atoms with E-state index in [4.69, 9.17) is 22.1 Å². The first-order valence-corrected chi connectivity index (χ1v) is 8.69. The Kier molecular flexibility index (Phi) is 10.7. The number of carboxylic acid groups (broad SMARTS) is 4. The molecule has 0 rings (SSSR count). The lowest BCUT2D eigenvalue weighted by Gasteiger charge is -2.30. The first-order valence-electron chi connectivity index (χ1n) is 8.38. The second kappa shape index (κ2) is 12.2. The second-order valence-corrected chi connectivity index (χ2v) is 6.43. The molecule has 0 aromatic heterocycles. The van der Waals surface area contributed by atoms with Gasteiger partial charge in [-0.2, -0.15) is 0 Å². The molecule has 0 bridgehead atoms. The lowest BCUT2D eigenvalue weighted by Crippen LogP contribution is -2.51. The Morgan fingerprint density at radius 3 is 1.39 bits per heavy atom. The van der Waals surface area contributed by atoms with E-state index in [0.717, 1.165) is 6.92 Å². The maximum atomic E-state index is 12.4. The van der Waals surface area contributed by atoms with Gasteiger partial charge in [-0.1, -0.05) is 0 Å². The Labute approximate surface area is 188 Å². The summed E-state index contributed by atoms with van der Waals surface area (Å²) in [7, 11) is 0. The fourth-order valence-corrected chi connectivity index (χ4v) is 2.36. The summed E-state index contributed by atoms with van der Waals surface area (Å²) in [5, 5.41) is 36.7. The average Bonchev–Trinajstić information content (AvgIpc) is 2.64. The number of aliphatic carboxylic acids is 4. The molecule has 0 aliphatic carbocycles. The highest BCUT2D eigenvalue weighted by Crippen LogP contribution is 2.28. The normalized spacial score (nSPS) is 13.9. The van der Waals surface area contributed by atoms with Gasteiger partial charge >= 0.3 is 47.8 Å². The van der Waals surface area contributed by atoms with Crippen molar-refractivity contribution < 1.29 is 77.3 Å². The summed E-state index contributed by atoms with van der Waals surface area (Å²) in [5.74, 6) is -14.2. The van der Waals surface area contributed by atoms with E-state index in [1.807, 2.05) is 0 Å². The van der Waals surface area contributed by atoms with Crippen LogP contribution in [0.1, 0.15) is 32.6 Å². The highest BCUT2D eigenvalue weighted by Gasteiger charge is 2.52. The number of carbonyl (C=O) groups is 8. The molecule has 17 heteroatoms. The summed E-state index contributed by atoms with van der Waals surface area (Å²) in [6.45, 7) is -0.287. The predicted molar refractivity (Wildman–Crippen MR) is 95.2 cm³/mol. The minimum atomic E-state index is -3.19. The summed E-state index contributed by atoms with van der Waals surface area (Å²) in [6, 6.07) is 0. The van der Waals surface area contributed by atoms with Gasteiger partial charge in [-0.25, -0.2) is 14.4 Å². The maximum absolute atomic E-state index is 12.4. The van der Waals surface area contributed by atoms with Crippen LogP contribution in [0.5, 0.6) is 0 Å². The van der Waals surface area contributed by atoms with Crippen LogP contribution in [0.3, 0.4) is 0 Å². The Morgan fingerprint density at radius 1 is 0.667 bits per heavy atom. The van der Waals surface area contributed by atoms with Crippen molar-refractivity contribution in [3.63, 3.8) is 0 Å². The van der Waals surface area contributed by atoms with Crippen LogP contribution in [0.4, 0.5) is 0 Å². The first-order chi connectivity index (χ1) is 15.1. The third-order valence-corrected chi connectivity index (χ3v) is 3.78. The zero-order chi connectivity index (χ0) is 26.0. The van der Waals surface area contributed by atoms with Crippen molar-refractivity contribution in [1.29, 1.82) is 0 Å². The van der Waals surface area contributed by atoms with Gasteiger partial charge in [0.15, 0.2) is 6.61 Å². The minimum Gasteiger partial charge on any atom is -0.481 e. The van der Waals surface area contributed by atoms with Crippen molar-refractivity contribution in [1.82, 2.24) is 0 Å². The van der Waals surface area contributed by atoms with Crippen LogP contribution >= 0.6 is 11.9 Å². The van der Waals surface area contributed by atoms with Crippen LogP contribution in [0.25, 0.3) is 0 Å². The number of ether oxygens (including phenoxy) is 3. The van der Waals surface area contributed by atoms with Gasteiger partial charge in [-0.3, -0.25) is 24.0 Å². The molecule has 2 unspecified atom stereocenters. The summed E-state index contributed by atoms with van der Waals surface area (Å²) in [6.07, 6.45) is -6.16. The molecule has 0 aliphatic heterocycles. The van der Waals surface area contributed by atoms with E-state index in [1.54, 1.807) is 0 Å². The van der Waals surface area contributed by atoms with Gasteiger partial charge in [0.1, 0.15) is 11.9 Å². The summed E-state index contributed by atoms with van der Waals surface area (Å²) >= 11 is 4.78. The van der Waals surface area contributed by atoms with Crippen LogP contribution < -0.4 is 0 Å². The van der Waals surface area contributed by atoms with Crippen LogP contribution in [-0.2, 0) is 56.9 Å². The smallest absolute Gasteiger partial charge is 0.349 e. The third kappa shape index (κ3) is 9.38. The lowest BCUT2D eigenvalue weighted by molar-refractivity contribution is -0.197. The molecule has 0 heterocycles. The van der Waals surface area contributed by atoms with E-state index in [1.165, 1.54) is 0 Å². The highest BCUT2D eigenvalue weighted by atomic mass is 35.5. The standard InChI is InChI=1S/C16H17ClO16/c1-7(18)30-6-12(25)32-15(13(26)27,2-8(19)20)4-10(23)31-16(14(28)29,3-9(21)22)5-11(24)33-17/h2-6H2,1H3,(H,19,20)(H,21,22)(H,26,27)(H,28,29). The van der Waals surface area contributed by atoms with E-state index >= 15 is 0 Å². The van der Waals surface area contributed by atoms with E-state index < -0.39 is 91.2 Å². The number of carboxylic acids is 4. The first kappa shape index (κ1) is 29.1. The van der Waals surface area contributed by atoms with Gasteiger partial charge in [0.2, 0.25) is 11.2 Å². The largest absolute Gasteiger partial charge is 0.481 e. The van der Waals surface area contributed by atoms with Gasteiger partial charge in [-0.15, -0.1) is 0 Å². The molecule has 0 amide bonds. The molecule has 0 aromatic rings. The number of hydrogen-bond donors (Lipinski definition) is 4. The molecular formula is C16H17ClO16. The van der Waals surface area contributed by atoms with E-state index in [2.05, 4.69) is 18.5 Å². The van der Waals surface area contributed by atoms with Crippen molar-refractivity contribution in [2.75, 3.05) is 6.61 Å². The molecule has 0 saturated heterocycles. The van der Waals surface area contributed by atoms with Crippen LogP contribution in [0.15, 0.2) is 0 Å². The third-order valence-electron chi connectivity index (χ3n) is 3.61. The quantitative estimate of drug-likeness (QED) is 0.160. The van der Waals surface area contributed by atoms with Gasteiger partial charge < -0.3 is 38.9 Å². The molecule has 2 atom stereocenters. The Balaban J connectivity index is 6.09. The van der Waals surface area contributed by atoms with Crippen molar-refractivity contribution in [2.45, 2.75) is 43.8 Å². The molecule has 4 N–H and O–H groups in total. The molecule has 0 spiro atoms. The number of halogens is 1. The van der Waals surface area contributed by atoms with Gasteiger partial charge in [0, 0.05) is 6.92 Å². The van der Waals surface area contributed by atoms with Crippen LogP contribution in [0.2, 0.25) is 0 Å². The maximum Gasteiger partial charge on any atom is 0.349 e. The minimum absolute atomic E-state index is 0.881. The monoisotopic (exact) mass is 500 g/mol. The van der Waals surface area contributed by atoms with Gasteiger partial charge in [0.25, 0.3) is 0 Å². The Bertz CT molecular complexity index is 849. The number of esters is 3. The topological polar surface area (TPSA) is 254 Å². The molecule has 0 aromatic carbocycles. The van der Waals surface area contributed by atoms with E-state index in [-0.39, 0.29) is 0 Å². The lowest BCUT2D eigenvalue weighted by atomic mass is 9.93. The van der Waals surface area contributed by atoms with E-state index in [0.29, 0.717) is 0 Å². The number of rotatable bonds is 14. The SMILES string of the molecule is CC(=O)OCC(=O)OC(CC(=O)O)(CC(=O)OC(CC(=O)O)(CC(=O)OCl)C(=O)O)C(=O)O. The van der Waals surface area contributed by atoms with Crippen molar-refractivity contribution >= 4 is 59.6 Å². The average molecular weight is 501 g/mol. The van der Waals surface area contributed by atoms with E-state index in [9.17, 15) is 48.6 Å². The Morgan fingerprint density at radius 2 is 1.06 bits per heavy atom. The molecule has 0 radical (unpaired) electrons. The molecule has 0 aliphatic rings. The van der Waals surface area contributed by atoms with Crippen molar-refractivity contribution in [2.24, 2.45) is 0 Å². The van der Waals surface area contributed by atoms with Crippen LogP contribution in [-0.4, -0.2) is 86.0 Å². The zero-order valence-electron chi connectivity index (χ0n) is 16.6. The summed E-state index contributed by atoms with van der Waals surface area (Å²) < 4.78 is 17.0. The molecule has 16 nitrogen and oxygen atoms in total. The summed E-state index contributed by atoms with van der Waals surface area (Å²) in [5.41, 5.74) is -6.34. The number of hydrogen-bond acceptors (Lipinski definition) is 12. The van der Waals surface area contributed by atoms with Crippen molar-refractivity contribution in [3.8, 4) is 0 Å². The fourth-order valence-electron chi connectivity index (χ4n) is 2.30. The second-order valence-electron chi connectivity index (χ2n) is 6.27. The van der Waals surface area contributed by atoms with Gasteiger partial charge in [-0.05, 0) is 0 Å². The molecule has 0 saturated carbocycles. The Hall–Kier alpha value is -3.95. The number of carbonyl (C=O) groups excluding carboxylic acids is 4. The fraction of sp³-hybridized carbons (Fsp3) is 0.500. The zero-order valence-corrected chi connectivity index (χ0v) is 17.4. The predicted octanol–water partition coefficient (Wildman–Crippen LogP) is -1.29. The van der Waals surface area contributed by atoms with Gasteiger partial charge in [0.05, 0.1) is 25.7 Å². The molecule has 33 heavy (non-hydrogen) atoms. The molecular weight excluding hydrogens is 484 g/mol. The van der Waals surface area contributed by atoms with Crippen molar-refractivity contribution in [3.05, 3.63) is 0 Å². The highest BCUT2D eigenvalue weighted by molar-refractivity contribution is 6.13. The van der Waals surface area contributed by atoms with Crippen LogP contribution in [0, 0.1) is 0 Å².